The van der Waals surface area contributed by atoms with Gasteiger partial charge in [-0.3, -0.25) is 4.79 Å². The summed E-state index contributed by atoms with van der Waals surface area (Å²) in [7, 11) is 0. The Balaban J connectivity index is 2.75. The molecule has 0 heterocycles. The number of hydrogen-bond acceptors (Lipinski definition) is 2. The number of nitrogens with two attached hydrogens (primary N) is 1. The fourth-order valence-electron chi connectivity index (χ4n) is 3.12. The molecule has 16 heavy (non-hydrogen) atoms. The van der Waals surface area contributed by atoms with Crippen molar-refractivity contribution in [3.63, 3.8) is 0 Å². The Labute approximate surface area is 99.2 Å². The molecule has 3 nitrogen and oxygen atoms in total. The first kappa shape index (κ1) is 13.5. The second-order valence-electron chi connectivity index (χ2n) is 5.08. The van der Waals surface area contributed by atoms with Gasteiger partial charge in [-0.05, 0) is 31.7 Å². The topological polar surface area (TPSA) is 55.1 Å². The SMILES string of the molecule is CCCNC1(CC(N)=O)CCCCC1CC. The van der Waals surface area contributed by atoms with Crippen molar-refractivity contribution in [1.82, 2.24) is 5.32 Å². The molecule has 0 aromatic heterocycles. The van der Waals surface area contributed by atoms with Gasteiger partial charge in [0.15, 0.2) is 0 Å². The monoisotopic (exact) mass is 226 g/mol. The highest BCUT2D eigenvalue weighted by Crippen LogP contribution is 2.38. The molecule has 1 aliphatic carbocycles. The summed E-state index contributed by atoms with van der Waals surface area (Å²) in [5.74, 6) is 0.448. The van der Waals surface area contributed by atoms with Crippen LogP contribution in [0.1, 0.15) is 58.8 Å². The van der Waals surface area contributed by atoms with Crippen LogP contribution in [0.2, 0.25) is 0 Å². The molecule has 1 amide bonds. The molecule has 1 fully saturated rings. The molecule has 3 heteroatoms. The second-order valence-corrected chi connectivity index (χ2v) is 5.08. The number of primary amides is 1. The van der Waals surface area contributed by atoms with Gasteiger partial charge in [-0.1, -0.05) is 33.1 Å². The lowest BCUT2D eigenvalue weighted by Gasteiger charge is -2.44. The minimum atomic E-state index is -0.163. The van der Waals surface area contributed by atoms with E-state index in [-0.39, 0.29) is 11.4 Å². The van der Waals surface area contributed by atoms with Gasteiger partial charge in [-0.15, -0.1) is 0 Å². The predicted molar refractivity (Wildman–Crippen MR) is 67.1 cm³/mol. The number of carbonyl (C=O) groups excluding carboxylic acids is 1. The highest BCUT2D eigenvalue weighted by Gasteiger charge is 2.40. The number of rotatable bonds is 6. The Hall–Kier alpha value is -0.570. The Bertz CT molecular complexity index is 230. The van der Waals surface area contributed by atoms with E-state index in [1.54, 1.807) is 0 Å². The molecule has 0 aromatic carbocycles. The van der Waals surface area contributed by atoms with Gasteiger partial charge in [0.2, 0.25) is 5.91 Å². The Morgan fingerprint density at radius 3 is 2.75 bits per heavy atom. The number of carbonyl (C=O) groups is 1. The number of amides is 1. The Kier molecular flexibility index (Phi) is 5.26. The quantitative estimate of drug-likeness (QED) is 0.729. The smallest absolute Gasteiger partial charge is 0.219 e. The second kappa shape index (κ2) is 6.24. The summed E-state index contributed by atoms with van der Waals surface area (Å²) >= 11 is 0. The first-order valence-electron chi connectivity index (χ1n) is 6.68. The minimum Gasteiger partial charge on any atom is -0.370 e. The highest BCUT2D eigenvalue weighted by molar-refractivity contribution is 5.75. The van der Waals surface area contributed by atoms with E-state index >= 15 is 0 Å². The lowest BCUT2D eigenvalue weighted by atomic mass is 9.69. The van der Waals surface area contributed by atoms with Gasteiger partial charge in [-0.25, -0.2) is 0 Å². The van der Waals surface area contributed by atoms with Crippen LogP contribution in [-0.4, -0.2) is 18.0 Å². The lowest BCUT2D eigenvalue weighted by molar-refractivity contribution is -0.120. The summed E-state index contributed by atoms with van der Waals surface area (Å²) < 4.78 is 0. The van der Waals surface area contributed by atoms with E-state index in [0.717, 1.165) is 25.8 Å². The zero-order valence-corrected chi connectivity index (χ0v) is 10.7. The van der Waals surface area contributed by atoms with E-state index in [2.05, 4.69) is 19.2 Å². The molecule has 2 unspecified atom stereocenters. The molecule has 94 valence electrons. The molecule has 1 rings (SSSR count). The van der Waals surface area contributed by atoms with Crippen molar-refractivity contribution in [2.24, 2.45) is 11.7 Å². The van der Waals surface area contributed by atoms with Gasteiger partial charge in [0.1, 0.15) is 0 Å². The molecule has 1 aliphatic rings. The molecular weight excluding hydrogens is 200 g/mol. The van der Waals surface area contributed by atoms with E-state index in [4.69, 9.17) is 5.73 Å². The standard InChI is InChI=1S/C13H26N2O/c1-3-9-15-13(10-12(14)16)8-6-5-7-11(13)4-2/h11,15H,3-10H2,1-2H3,(H2,14,16). The molecule has 0 aromatic rings. The maximum Gasteiger partial charge on any atom is 0.219 e. The van der Waals surface area contributed by atoms with Crippen LogP contribution in [0.3, 0.4) is 0 Å². The van der Waals surface area contributed by atoms with Crippen molar-refractivity contribution >= 4 is 5.91 Å². The third-order valence-corrected chi connectivity index (χ3v) is 3.92. The van der Waals surface area contributed by atoms with E-state index in [0.29, 0.717) is 12.3 Å². The van der Waals surface area contributed by atoms with Crippen LogP contribution in [0.25, 0.3) is 0 Å². The summed E-state index contributed by atoms with van der Waals surface area (Å²) in [6.45, 7) is 5.37. The number of nitrogens with one attached hydrogen (secondary N) is 1. The summed E-state index contributed by atoms with van der Waals surface area (Å²) in [5, 5.41) is 3.62. The minimum absolute atomic E-state index is 0.00512. The van der Waals surface area contributed by atoms with Crippen LogP contribution in [-0.2, 0) is 4.79 Å². The van der Waals surface area contributed by atoms with Crippen LogP contribution < -0.4 is 11.1 Å². The van der Waals surface area contributed by atoms with E-state index in [1.165, 1.54) is 19.3 Å². The highest BCUT2D eigenvalue weighted by atomic mass is 16.1. The van der Waals surface area contributed by atoms with Crippen LogP contribution in [0.5, 0.6) is 0 Å². The largest absolute Gasteiger partial charge is 0.370 e. The van der Waals surface area contributed by atoms with Crippen molar-refractivity contribution in [3.8, 4) is 0 Å². The van der Waals surface area contributed by atoms with Crippen molar-refractivity contribution in [2.75, 3.05) is 6.54 Å². The van der Waals surface area contributed by atoms with Crippen LogP contribution in [0, 0.1) is 5.92 Å². The van der Waals surface area contributed by atoms with Gasteiger partial charge in [0, 0.05) is 12.0 Å². The van der Waals surface area contributed by atoms with Crippen molar-refractivity contribution in [3.05, 3.63) is 0 Å². The van der Waals surface area contributed by atoms with Gasteiger partial charge in [-0.2, -0.15) is 0 Å². The molecule has 0 aliphatic heterocycles. The molecule has 0 radical (unpaired) electrons. The molecule has 0 saturated heterocycles. The summed E-state index contributed by atoms with van der Waals surface area (Å²) in [6.07, 6.45) is 7.62. The zero-order chi connectivity index (χ0) is 12.0. The average Bonchev–Trinajstić information content (AvgIpc) is 2.26. The molecular formula is C13H26N2O. The maximum absolute atomic E-state index is 11.3. The Morgan fingerprint density at radius 2 is 2.19 bits per heavy atom. The lowest BCUT2D eigenvalue weighted by Crippen LogP contribution is -2.55. The summed E-state index contributed by atoms with van der Waals surface area (Å²) in [4.78, 5) is 11.3. The third kappa shape index (κ3) is 3.21. The van der Waals surface area contributed by atoms with Gasteiger partial charge in [0.05, 0.1) is 0 Å². The predicted octanol–water partition coefficient (Wildman–Crippen LogP) is 2.20. The molecule has 3 N–H and O–H groups in total. The van der Waals surface area contributed by atoms with Crippen LogP contribution >= 0.6 is 0 Å². The average molecular weight is 226 g/mol. The van der Waals surface area contributed by atoms with Crippen molar-refractivity contribution < 1.29 is 4.79 Å². The third-order valence-electron chi connectivity index (χ3n) is 3.92. The van der Waals surface area contributed by atoms with Gasteiger partial charge < -0.3 is 11.1 Å². The fraction of sp³-hybridized carbons (Fsp3) is 0.923. The first-order chi connectivity index (χ1) is 7.64. The molecule has 1 saturated carbocycles. The van der Waals surface area contributed by atoms with Gasteiger partial charge in [0.25, 0.3) is 0 Å². The molecule has 2 atom stereocenters. The summed E-state index contributed by atoms with van der Waals surface area (Å²) in [6, 6.07) is 0. The van der Waals surface area contributed by atoms with Crippen molar-refractivity contribution in [2.45, 2.75) is 64.3 Å². The normalized spacial score (nSPS) is 30.2. The first-order valence-corrected chi connectivity index (χ1v) is 6.68. The number of hydrogen-bond donors (Lipinski definition) is 2. The summed E-state index contributed by atoms with van der Waals surface area (Å²) in [5.41, 5.74) is 5.41. The van der Waals surface area contributed by atoms with Crippen molar-refractivity contribution in [1.29, 1.82) is 0 Å². The van der Waals surface area contributed by atoms with E-state index < -0.39 is 0 Å². The van der Waals surface area contributed by atoms with E-state index in [1.807, 2.05) is 0 Å². The van der Waals surface area contributed by atoms with Crippen LogP contribution in [0.15, 0.2) is 0 Å². The van der Waals surface area contributed by atoms with Crippen LogP contribution in [0.4, 0.5) is 0 Å². The fourth-order valence-corrected chi connectivity index (χ4v) is 3.12. The molecule has 0 spiro atoms. The van der Waals surface area contributed by atoms with Gasteiger partial charge >= 0.3 is 0 Å². The molecule has 0 bridgehead atoms. The maximum atomic E-state index is 11.3. The zero-order valence-electron chi connectivity index (χ0n) is 10.7. The van der Waals surface area contributed by atoms with E-state index in [9.17, 15) is 4.79 Å². The Morgan fingerprint density at radius 1 is 1.44 bits per heavy atom.